The number of methoxy groups -OCH3 is 1. The molecule has 2 aromatic rings. The molecule has 0 amide bonds. The van der Waals surface area contributed by atoms with Gasteiger partial charge in [-0.2, -0.15) is 5.10 Å². The fourth-order valence-corrected chi connectivity index (χ4v) is 3.47. The summed E-state index contributed by atoms with van der Waals surface area (Å²) in [5.41, 5.74) is 2.64. The molecule has 0 aromatic carbocycles. The van der Waals surface area contributed by atoms with Crippen LogP contribution >= 0.6 is 23.6 Å². The molecule has 8 heteroatoms. The van der Waals surface area contributed by atoms with Gasteiger partial charge in [0.1, 0.15) is 5.00 Å². The van der Waals surface area contributed by atoms with Crippen molar-refractivity contribution in [3.8, 4) is 0 Å². The van der Waals surface area contributed by atoms with Gasteiger partial charge in [-0.15, -0.1) is 11.3 Å². The predicted octanol–water partition coefficient (Wildman–Crippen LogP) is 2.93. The molecule has 124 valence electrons. The summed E-state index contributed by atoms with van der Waals surface area (Å²) in [4.78, 5) is 12.8. The Morgan fingerprint density at radius 2 is 2.17 bits per heavy atom. The van der Waals surface area contributed by atoms with E-state index in [2.05, 4.69) is 15.7 Å². The molecule has 0 spiro atoms. The number of hydrogen-bond acceptors (Lipinski definition) is 5. The molecule has 0 aliphatic carbocycles. The molecule has 6 nitrogen and oxygen atoms in total. The molecular weight excluding hydrogens is 332 g/mol. The molecule has 2 rings (SSSR count). The fourth-order valence-electron chi connectivity index (χ4n) is 2.22. The number of anilines is 1. The van der Waals surface area contributed by atoms with Crippen molar-refractivity contribution in [3.63, 3.8) is 0 Å². The second-order valence-electron chi connectivity index (χ2n) is 5.22. The van der Waals surface area contributed by atoms with Crippen LogP contribution in [0.2, 0.25) is 0 Å². The van der Waals surface area contributed by atoms with Crippen molar-refractivity contribution >= 4 is 39.6 Å². The van der Waals surface area contributed by atoms with Crippen molar-refractivity contribution < 1.29 is 9.53 Å². The molecule has 0 bridgehead atoms. The van der Waals surface area contributed by atoms with Crippen LogP contribution in [0.4, 0.5) is 5.00 Å². The predicted molar refractivity (Wildman–Crippen MR) is 96.1 cm³/mol. The maximum Gasteiger partial charge on any atom is 0.340 e. The summed E-state index contributed by atoms with van der Waals surface area (Å²) >= 11 is 6.82. The lowest BCUT2D eigenvalue weighted by molar-refractivity contribution is 0.0602. The van der Waals surface area contributed by atoms with Gasteiger partial charge in [0, 0.05) is 23.2 Å². The first-order valence-electron chi connectivity index (χ1n) is 7.08. The van der Waals surface area contributed by atoms with Crippen molar-refractivity contribution in [2.75, 3.05) is 12.4 Å². The summed E-state index contributed by atoms with van der Waals surface area (Å²) in [6, 6.07) is 1.79. The van der Waals surface area contributed by atoms with E-state index >= 15 is 0 Å². The molecule has 0 saturated carbocycles. The molecule has 2 aromatic heterocycles. The highest BCUT2D eigenvalue weighted by Gasteiger charge is 2.18. The van der Waals surface area contributed by atoms with Crippen LogP contribution in [0.5, 0.6) is 0 Å². The van der Waals surface area contributed by atoms with Crippen molar-refractivity contribution in [1.29, 1.82) is 0 Å². The normalized spacial score (nSPS) is 11.9. The smallest absolute Gasteiger partial charge is 0.340 e. The molecular formula is C15H20N4O2S2. The first-order valence-corrected chi connectivity index (χ1v) is 8.30. The Labute approximate surface area is 144 Å². The van der Waals surface area contributed by atoms with E-state index in [1.165, 1.54) is 18.4 Å². The highest BCUT2D eigenvalue weighted by atomic mass is 32.1. The zero-order valence-electron chi connectivity index (χ0n) is 13.8. The minimum absolute atomic E-state index is 0.00587. The van der Waals surface area contributed by atoms with Crippen LogP contribution in [0.15, 0.2) is 12.3 Å². The first kappa shape index (κ1) is 17.4. The minimum Gasteiger partial charge on any atom is -0.465 e. The number of rotatable bonds is 4. The molecule has 23 heavy (non-hydrogen) atoms. The number of aryl methyl sites for hydroxylation is 2. The quantitative estimate of drug-likeness (QED) is 0.651. The van der Waals surface area contributed by atoms with Crippen LogP contribution in [0, 0.1) is 13.8 Å². The Balaban J connectivity index is 2.08. The standard InChI is InChI=1S/C15H20N4O2S2/c1-8-6-11(14(20)21-5)13(23-8)18-15(22)17-9(2)12-7-16-19(4)10(12)3/h6-7,9H,1-5H3,(H2,17,18,22). The van der Waals surface area contributed by atoms with Crippen LogP contribution in [-0.4, -0.2) is 28.0 Å². The van der Waals surface area contributed by atoms with E-state index < -0.39 is 0 Å². The molecule has 1 atom stereocenters. The third kappa shape index (κ3) is 3.89. The van der Waals surface area contributed by atoms with Crippen molar-refractivity contribution in [1.82, 2.24) is 15.1 Å². The lowest BCUT2D eigenvalue weighted by Crippen LogP contribution is -2.31. The number of nitrogens with zero attached hydrogens (tertiary/aromatic N) is 2. The monoisotopic (exact) mass is 352 g/mol. The number of thiocarbonyl (C=S) groups is 1. The molecule has 0 aliphatic heterocycles. The molecule has 0 saturated heterocycles. The van der Waals surface area contributed by atoms with Gasteiger partial charge >= 0.3 is 5.97 Å². The molecule has 0 aliphatic rings. The molecule has 2 heterocycles. The van der Waals surface area contributed by atoms with Gasteiger partial charge < -0.3 is 15.4 Å². The van der Waals surface area contributed by atoms with Gasteiger partial charge in [0.05, 0.1) is 24.9 Å². The summed E-state index contributed by atoms with van der Waals surface area (Å²) in [5.74, 6) is -0.379. The van der Waals surface area contributed by atoms with E-state index in [9.17, 15) is 4.79 Å². The Morgan fingerprint density at radius 3 is 2.74 bits per heavy atom. The number of hydrogen-bond donors (Lipinski definition) is 2. The van der Waals surface area contributed by atoms with E-state index in [1.807, 2.05) is 38.7 Å². The number of aromatic nitrogens is 2. The third-order valence-corrected chi connectivity index (χ3v) is 4.76. The number of thiophene rings is 1. The molecule has 0 fully saturated rings. The van der Waals surface area contributed by atoms with Crippen molar-refractivity contribution in [2.24, 2.45) is 7.05 Å². The van der Waals surface area contributed by atoms with Crippen LogP contribution in [0.1, 0.15) is 39.5 Å². The summed E-state index contributed by atoms with van der Waals surface area (Å²) in [5, 5.41) is 11.7. The number of carbonyl (C=O) groups excluding carboxylic acids is 1. The van der Waals surface area contributed by atoms with Crippen LogP contribution in [0.25, 0.3) is 0 Å². The Morgan fingerprint density at radius 1 is 1.48 bits per heavy atom. The van der Waals surface area contributed by atoms with Gasteiger partial charge in [-0.3, -0.25) is 4.68 Å². The Kier molecular flexibility index (Phi) is 5.38. The highest BCUT2D eigenvalue weighted by molar-refractivity contribution is 7.80. The van der Waals surface area contributed by atoms with E-state index in [4.69, 9.17) is 17.0 Å². The molecule has 1 unspecified atom stereocenters. The summed E-state index contributed by atoms with van der Waals surface area (Å²) in [6.45, 7) is 5.95. The van der Waals surface area contributed by atoms with Crippen LogP contribution < -0.4 is 10.6 Å². The van der Waals surface area contributed by atoms with Gasteiger partial charge in [-0.25, -0.2) is 4.79 Å². The fraction of sp³-hybridized carbons (Fsp3) is 0.400. The maximum atomic E-state index is 11.8. The summed E-state index contributed by atoms with van der Waals surface area (Å²) in [6.07, 6.45) is 1.82. The summed E-state index contributed by atoms with van der Waals surface area (Å²) in [7, 11) is 3.27. The lowest BCUT2D eigenvalue weighted by Gasteiger charge is -2.16. The van der Waals surface area contributed by atoms with Crippen LogP contribution in [-0.2, 0) is 11.8 Å². The lowest BCUT2D eigenvalue weighted by atomic mass is 10.1. The zero-order valence-corrected chi connectivity index (χ0v) is 15.4. The van der Waals surface area contributed by atoms with E-state index in [0.29, 0.717) is 15.7 Å². The second-order valence-corrected chi connectivity index (χ2v) is 6.89. The number of carbonyl (C=O) groups is 1. The van der Waals surface area contributed by atoms with Gasteiger partial charge in [-0.05, 0) is 39.1 Å². The largest absolute Gasteiger partial charge is 0.465 e. The number of ether oxygens (including phenoxy) is 1. The summed E-state index contributed by atoms with van der Waals surface area (Å²) < 4.78 is 6.62. The van der Waals surface area contributed by atoms with Crippen LogP contribution in [0.3, 0.4) is 0 Å². The highest BCUT2D eigenvalue weighted by Crippen LogP contribution is 2.28. The van der Waals surface area contributed by atoms with Crippen molar-refractivity contribution in [3.05, 3.63) is 34.0 Å². The zero-order chi connectivity index (χ0) is 17.1. The van der Waals surface area contributed by atoms with E-state index in [1.54, 1.807) is 6.07 Å². The first-order chi connectivity index (χ1) is 10.8. The topological polar surface area (TPSA) is 68.2 Å². The van der Waals surface area contributed by atoms with Gasteiger partial charge in [0.15, 0.2) is 5.11 Å². The number of esters is 1. The second kappa shape index (κ2) is 7.10. The Bertz CT molecular complexity index is 736. The third-order valence-electron chi connectivity index (χ3n) is 3.57. The van der Waals surface area contributed by atoms with E-state index in [-0.39, 0.29) is 12.0 Å². The average molecular weight is 352 g/mol. The molecule has 2 N–H and O–H groups in total. The van der Waals surface area contributed by atoms with Gasteiger partial charge in [0.2, 0.25) is 0 Å². The minimum atomic E-state index is -0.379. The van der Waals surface area contributed by atoms with Gasteiger partial charge in [-0.1, -0.05) is 0 Å². The van der Waals surface area contributed by atoms with Crippen molar-refractivity contribution in [2.45, 2.75) is 26.8 Å². The molecule has 0 radical (unpaired) electrons. The average Bonchev–Trinajstić information content (AvgIpc) is 3.01. The van der Waals surface area contributed by atoms with Gasteiger partial charge in [0.25, 0.3) is 0 Å². The maximum absolute atomic E-state index is 11.8. The Hall–Kier alpha value is -1.93. The number of nitrogens with one attached hydrogen (secondary N) is 2. The SMILES string of the molecule is COC(=O)c1cc(C)sc1NC(=S)NC(C)c1cnn(C)c1C. The van der Waals surface area contributed by atoms with E-state index in [0.717, 1.165) is 16.1 Å².